The van der Waals surface area contributed by atoms with E-state index in [1.165, 1.54) is 5.56 Å². The normalized spacial score (nSPS) is 10.9. The summed E-state index contributed by atoms with van der Waals surface area (Å²) in [5.41, 5.74) is 4.26. The van der Waals surface area contributed by atoms with Crippen LogP contribution in [0.3, 0.4) is 0 Å². The van der Waals surface area contributed by atoms with E-state index in [-0.39, 0.29) is 5.91 Å². The van der Waals surface area contributed by atoms with Crippen LogP contribution < -0.4 is 10.1 Å². The van der Waals surface area contributed by atoms with E-state index in [1.54, 1.807) is 0 Å². The topological polar surface area (TPSA) is 51.5 Å². The van der Waals surface area contributed by atoms with Gasteiger partial charge in [0.15, 0.2) is 0 Å². The zero-order valence-electron chi connectivity index (χ0n) is 15.8. The second-order valence-corrected chi connectivity index (χ2v) is 6.67. The lowest BCUT2D eigenvalue weighted by Gasteiger charge is -2.09. The number of hydrogen-bond donors (Lipinski definition) is 1. The van der Waals surface area contributed by atoms with E-state index >= 15 is 0 Å². The van der Waals surface area contributed by atoms with Crippen LogP contribution in [0.5, 0.6) is 5.75 Å². The first-order valence-electron chi connectivity index (χ1n) is 9.04. The molecule has 4 nitrogen and oxygen atoms in total. The molecule has 0 fully saturated rings. The fraction of sp³-hybridized carbons (Fsp3) is 0.318. The van der Waals surface area contributed by atoms with Crippen LogP contribution in [0.2, 0.25) is 0 Å². The summed E-state index contributed by atoms with van der Waals surface area (Å²) in [6.45, 7) is 8.63. The van der Waals surface area contributed by atoms with Crippen molar-refractivity contribution in [2.75, 3.05) is 11.9 Å². The minimum Gasteiger partial charge on any atom is -0.494 e. The largest absolute Gasteiger partial charge is 0.494 e. The van der Waals surface area contributed by atoms with Gasteiger partial charge >= 0.3 is 0 Å². The Morgan fingerprint density at radius 3 is 2.65 bits per heavy atom. The third-order valence-corrected chi connectivity index (χ3v) is 4.46. The molecule has 0 atom stereocenters. The van der Waals surface area contributed by atoms with Crippen LogP contribution in [0.15, 0.2) is 40.8 Å². The van der Waals surface area contributed by atoms with Gasteiger partial charge < -0.3 is 14.5 Å². The van der Waals surface area contributed by atoms with Crippen LogP contribution in [0, 0.1) is 20.8 Å². The van der Waals surface area contributed by atoms with Crippen LogP contribution in [-0.4, -0.2) is 12.5 Å². The number of anilines is 1. The van der Waals surface area contributed by atoms with Gasteiger partial charge in [-0.2, -0.15) is 0 Å². The minimum atomic E-state index is -0.168. The smallest absolute Gasteiger partial charge is 0.259 e. The second-order valence-electron chi connectivity index (χ2n) is 6.67. The summed E-state index contributed by atoms with van der Waals surface area (Å²) in [5, 5.41) is 3.78. The van der Waals surface area contributed by atoms with Gasteiger partial charge in [-0.3, -0.25) is 4.79 Å². The first kappa shape index (κ1) is 18.1. The van der Waals surface area contributed by atoms with Crippen molar-refractivity contribution in [3.8, 4) is 5.75 Å². The maximum absolute atomic E-state index is 12.9. The summed E-state index contributed by atoms with van der Waals surface area (Å²) in [7, 11) is 0. The van der Waals surface area contributed by atoms with Crippen LogP contribution >= 0.6 is 0 Å². The third-order valence-electron chi connectivity index (χ3n) is 4.46. The number of carbonyl (C=O) groups is 1. The number of unbranched alkanes of at least 4 members (excludes halogenated alkanes) is 1. The van der Waals surface area contributed by atoms with Crippen molar-refractivity contribution in [2.45, 2.75) is 40.5 Å². The number of hydrogen-bond acceptors (Lipinski definition) is 3. The number of benzene rings is 2. The molecule has 4 heteroatoms. The van der Waals surface area contributed by atoms with E-state index in [1.807, 2.05) is 51.1 Å². The van der Waals surface area contributed by atoms with Gasteiger partial charge in [-0.15, -0.1) is 0 Å². The third kappa shape index (κ3) is 3.74. The fourth-order valence-electron chi connectivity index (χ4n) is 3.04. The van der Waals surface area contributed by atoms with Gasteiger partial charge in [-0.05, 0) is 57.0 Å². The molecule has 136 valence electrons. The van der Waals surface area contributed by atoms with Crippen molar-refractivity contribution in [2.24, 2.45) is 0 Å². The Bertz CT molecular complexity index is 940. The van der Waals surface area contributed by atoms with Gasteiger partial charge in [0.25, 0.3) is 5.91 Å². The Hall–Kier alpha value is -2.75. The molecule has 26 heavy (non-hydrogen) atoms. The summed E-state index contributed by atoms with van der Waals surface area (Å²) in [6, 6.07) is 11.6. The van der Waals surface area contributed by atoms with Crippen molar-refractivity contribution in [3.05, 3.63) is 58.8 Å². The highest BCUT2D eigenvalue weighted by Gasteiger charge is 2.19. The van der Waals surface area contributed by atoms with Crippen molar-refractivity contribution < 1.29 is 13.9 Å². The standard InChI is InChI=1S/C22H25NO3/c1-5-6-11-25-17-8-10-20-18(13-17)21(16(4)26-20)22(24)23-19-9-7-14(2)12-15(19)3/h7-10,12-13H,5-6,11H2,1-4H3,(H,23,24). The Kier molecular flexibility index (Phi) is 5.31. The SMILES string of the molecule is CCCCOc1ccc2oc(C)c(C(=O)Nc3ccc(C)cc3C)c2c1. The zero-order valence-corrected chi connectivity index (χ0v) is 15.8. The van der Waals surface area contributed by atoms with Gasteiger partial charge in [0.05, 0.1) is 12.2 Å². The molecule has 0 saturated heterocycles. The lowest BCUT2D eigenvalue weighted by molar-refractivity contribution is 0.102. The molecule has 0 unspecified atom stereocenters. The molecule has 0 aliphatic carbocycles. The quantitative estimate of drug-likeness (QED) is 0.572. The van der Waals surface area contributed by atoms with Gasteiger partial charge in [-0.25, -0.2) is 0 Å². The number of fused-ring (bicyclic) bond motifs is 1. The van der Waals surface area contributed by atoms with Crippen molar-refractivity contribution >= 4 is 22.6 Å². The van der Waals surface area contributed by atoms with E-state index in [9.17, 15) is 4.79 Å². The van der Waals surface area contributed by atoms with Crippen LogP contribution in [0.4, 0.5) is 5.69 Å². The molecule has 0 saturated carbocycles. The van der Waals surface area contributed by atoms with Crippen molar-refractivity contribution in [1.29, 1.82) is 0 Å². The number of amides is 1. The summed E-state index contributed by atoms with van der Waals surface area (Å²) in [4.78, 5) is 12.9. The van der Waals surface area contributed by atoms with Crippen molar-refractivity contribution in [1.82, 2.24) is 0 Å². The first-order valence-corrected chi connectivity index (χ1v) is 9.04. The second kappa shape index (κ2) is 7.65. The summed E-state index contributed by atoms with van der Waals surface area (Å²) in [5.74, 6) is 1.19. The molecular formula is C22H25NO3. The molecule has 0 spiro atoms. The molecule has 3 rings (SSSR count). The Morgan fingerprint density at radius 1 is 1.12 bits per heavy atom. The maximum atomic E-state index is 12.9. The molecule has 0 bridgehead atoms. The highest BCUT2D eigenvalue weighted by Crippen LogP contribution is 2.30. The molecule has 1 amide bonds. The summed E-state index contributed by atoms with van der Waals surface area (Å²) < 4.78 is 11.5. The Balaban J connectivity index is 1.91. The summed E-state index contributed by atoms with van der Waals surface area (Å²) >= 11 is 0. The van der Waals surface area contributed by atoms with Crippen LogP contribution in [0.1, 0.15) is 47.0 Å². The molecule has 0 aliphatic heterocycles. The van der Waals surface area contributed by atoms with Crippen LogP contribution in [-0.2, 0) is 0 Å². The summed E-state index contributed by atoms with van der Waals surface area (Å²) in [6.07, 6.45) is 2.08. The molecule has 1 N–H and O–H groups in total. The number of rotatable bonds is 6. The van der Waals surface area contributed by atoms with Crippen LogP contribution in [0.25, 0.3) is 11.0 Å². The molecule has 0 radical (unpaired) electrons. The monoisotopic (exact) mass is 351 g/mol. The molecular weight excluding hydrogens is 326 g/mol. The van der Waals surface area contributed by atoms with Gasteiger partial charge in [-0.1, -0.05) is 31.0 Å². The molecule has 1 heterocycles. The van der Waals surface area contributed by atoms with E-state index in [4.69, 9.17) is 9.15 Å². The number of carbonyl (C=O) groups excluding carboxylic acids is 1. The van der Waals surface area contributed by atoms with Gasteiger partial charge in [0.2, 0.25) is 0 Å². The van der Waals surface area contributed by atoms with E-state index in [0.717, 1.165) is 35.2 Å². The average Bonchev–Trinajstić information content (AvgIpc) is 2.93. The Labute approximate surface area is 154 Å². The first-order chi connectivity index (χ1) is 12.5. The molecule has 0 aliphatic rings. The fourth-order valence-corrected chi connectivity index (χ4v) is 3.04. The average molecular weight is 351 g/mol. The Morgan fingerprint density at radius 2 is 1.92 bits per heavy atom. The number of ether oxygens (including phenoxy) is 1. The van der Waals surface area contributed by atoms with E-state index in [0.29, 0.717) is 23.5 Å². The lowest BCUT2D eigenvalue weighted by Crippen LogP contribution is -2.13. The molecule has 2 aromatic carbocycles. The number of nitrogens with one attached hydrogen (secondary N) is 1. The van der Waals surface area contributed by atoms with Gasteiger partial charge in [0.1, 0.15) is 17.1 Å². The number of furan rings is 1. The molecule has 1 aromatic heterocycles. The van der Waals surface area contributed by atoms with Crippen molar-refractivity contribution in [3.63, 3.8) is 0 Å². The minimum absolute atomic E-state index is 0.168. The predicted octanol–water partition coefficient (Wildman–Crippen LogP) is 5.79. The van der Waals surface area contributed by atoms with Gasteiger partial charge in [0, 0.05) is 11.1 Å². The predicted molar refractivity (Wildman–Crippen MR) is 105 cm³/mol. The highest BCUT2D eigenvalue weighted by atomic mass is 16.5. The van der Waals surface area contributed by atoms with E-state index < -0.39 is 0 Å². The van der Waals surface area contributed by atoms with E-state index in [2.05, 4.69) is 18.3 Å². The highest BCUT2D eigenvalue weighted by molar-refractivity contribution is 6.13. The zero-order chi connectivity index (χ0) is 18.7. The maximum Gasteiger partial charge on any atom is 0.259 e. The number of aryl methyl sites for hydroxylation is 3. The lowest BCUT2D eigenvalue weighted by atomic mass is 10.1. The molecule has 3 aromatic rings.